The second-order valence-corrected chi connectivity index (χ2v) is 7.17. The molecule has 136 valence electrons. The molecule has 3 rings (SSSR count). The SMILES string of the molecule is Cc1c(C(NC(=O)NC2CCCOCC2)C(C)C)oc2ccccc12. The Bertz CT molecular complexity index is 715. The molecule has 0 saturated carbocycles. The molecule has 0 aliphatic carbocycles. The molecule has 5 heteroatoms. The lowest BCUT2D eigenvalue weighted by molar-refractivity contribution is 0.142. The molecule has 0 spiro atoms. The number of hydrogen-bond acceptors (Lipinski definition) is 3. The van der Waals surface area contributed by atoms with Crippen molar-refractivity contribution in [1.29, 1.82) is 0 Å². The zero-order valence-corrected chi connectivity index (χ0v) is 15.3. The second kappa shape index (κ2) is 7.91. The standard InChI is InChI=1S/C20H28N2O3/c1-13(2)18(19-14(3)16-8-4-5-9-17(16)25-19)22-20(23)21-15-7-6-11-24-12-10-15/h4-5,8-9,13,15,18H,6-7,10-12H2,1-3H3,(H2,21,22,23). The summed E-state index contributed by atoms with van der Waals surface area (Å²) in [6.07, 6.45) is 2.81. The molecule has 1 saturated heterocycles. The molecule has 25 heavy (non-hydrogen) atoms. The average molecular weight is 344 g/mol. The molecule has 2 N–H and O–H groups in total. The molecule has 1 aromatic carbocycles. The quantitative estimate of drug-likeness (QED) is 0.869. The van der Waals surface area contributed by atoms with Gasteiger partial charge in [0.15, 0.2) is 0 Å². The Kier molecular flexibility index (Phi) is 5.63. The van der Waals surface area contributed by atoms with Crippen molar-refractivity contribution in [3.63, 3.8) is 0 Å². The summed E-state index contributed by atoms with van der Waals surface area (Å²) in [6, 6.07) is 7.88. The van der Waals surface area contributed by atoms with Crippen molar-refractivity contribution in [2.45, 2.75) is 52.1 Å². The second-order valence-electron chi connectivity index (χ2n) is 7.17. The van der Waals surface area contributed by atoms with Gasteiger partial charge in [-0.25, -0.2) is 4.79 Å². The zero-order valence-electron chi connectivity index (χ0n) is 15.3. The monoisotopic (exact) mass is 344 g/mol. The number of furan rings is 1. The third kappa shape index (κ3) is 4.15. The van der Waals surface area contributed by atoms with E-state index in [1.54, 1.807) is 0 Å². The molecule has 1 fully saturated rings. The first-order valence-corrected chi connectivity index (χ1v) is 9.19. The van der Waals surface area contributed by atoms with Crippen LogP contribution in [0.2, 0.25) is 0 Å². The number of para-hydroxylation sites is 1. The summed E-state index contributed by atoms with van der Waals surface area (Å²) in [4.78, 5) is 12.5. The van der Waals surface area contributed by atoms with Crippen LogP contribution in [0.25, 0.3) is 11.0 Å². The molecule has 1 aromatic heterocycles. The summed E-state index contributed by atoms with van der Waals surface area (Å²) in [5.74, 6) is 1.07. The van der Waals surface area contributed by atoms with Crippen LogP contribution in [-0.2, 0) is 4.74 Å². The maximum Gasteiger partial charge on any atom is 0.315 e. The van der Waals surface area contributed by atoms with Crippen LogP contribution in [0.3, 0.4) is 0 Å². The normalized spacial score (nSPS) is 19.6. The number of aryl methyl sites for hydroxylation is 1. The zero-order chi connectivity index (χ0) is 17.8. The molecular weight excluding hydrogens is 316 g/mol. The minimum atomic E-state index is -0.158. The van der Waals surface area contributed by atoms with Crippen molar-refractivity contribution < 1.29 is 13.9 Å². The minimum Gasteiger partial charge on any atom is -0.459 e. The van der Waals surface area contributed by atoms with Crippen LogP contribution in [0, 0.1) is 12.8 Å². The van der Waals surface area contributed by atoms with Gasteiger partial charge in [-0.1, -0.05) is 32.0 Å². The summed E-state index contributed by atoms with van der Waals surface area (Å²) in [5, 5.41) is 7.32. The maximum atomic E-state index is 12.5. The molecule has 1 aliphatic heterocycles. The fourth-order valence-corrected chi connectivity index (χ4v) is 3.44. The van der Waals surface area contributed by atoms with Crippen LogP contribution < -0.4 is 10.6 Å². The van der Waals surface area contributed by atoms with Gasteiger partial charge in [0.2, 0.25) is 0 Å². The minimum absolute atomic E-state index is 0.134. The van der Waals surface area contributed by atoms with Gasteiger partial charge in [-0.3, -0.25) is 0 Å². The molecule has 0 radical (unpaired) electrons. The molecular formula is C20H28N2O3. The Morgan fingerprint density at radius 3 is 2.76 bits per heavy atom. The van der Waals surface area contributed by atoms with Crippen molar-refractivity contribution in [2.75, 3.05) is 13.2 Å². The number of nitrogens with one attached hydrogen (secondary N) is 2. The summed E-state index contributed by atoms with van der Waals surface area (Å²) in [7, 11) is 0. The van der Waals surface area contributed by atoms with Crippen LogP contribution in [0.4, 0.5) is 4.79 Å². The van der Waals surface area contributed by atoms with Gasteiger partial charge in [0.05, 0.1) is 6.04 Å². The topological polar surface area (TPSA) is 63.5 Å². The van der Waals surface area contributed by atoms with Crippen molar-refractivity contribution >= 4 is 17.0 Å². The van der Waals surface area contributed by atoms with Crippen LogP contribution in [0.1, 0.15) is 50.5 Å². The summed E-state index contributed by atoms with van der Waals surface area (Å²) >= 11 is 0. The Balaban J connectivity index is 1.74. The van der Waals surface area contributed by atoms with Crippen molar-refractivity contribution in [3.05, 3.63) is 35.6 Å². The van der Waals surface area contributed by atoms with Crippen LogP contribution in [0.15, 0.2) is 28.7 Å². The smallest absolute Gasteiger partial charge is 0.315 e. The van der Waals surface area contributed by atoms with E-state index in [1.807, 2.05) is 18.2 Å². The number of amides is 2. The number of hydrogen-bond donors (Lipinski definition) is 2. The Hall–Kier alpha value is -2.01. The van der Waals surface area contributed by atoms with Crippen molar-refractivity contribution in [2.24, 2.45) is 5.92 Å². The summed E-state index contributed by atoms with van der Waals surface area (Å²) in [6.45, 7) is 7.74. The molecule has 2 aromatic rings. The Morgan fingerprint density at radius 2 is 2.00 bits per heavy atom. The molecule has 2 atom stereocenters. The molecule has 2 amide bonds. The lowest BCUT2D eigenvalue weighted by atomic mass is 9.98. The summed E-state index contributed by atoms with van der Waals surface area (Å²) < 4.78 is 11.5. The highest BCUT2D eigenvalue weighted by atomic mass is 16.5. The molecule has 5 nitrogen and oxygen atoms in total. The van der Waals surface area contributed by atoms with Crippen molar-refractivity contribution in [1.82, 2.24) is 10.6 Å². The Morgan fingerprint density at radius 1 is 1.20 bits per heavy atom. The molecule has 1 aliphatic rings. The highest BCUT2D eigenvalue weighted by Gasteiger charge is 2.26. The number of fused-ring (bicyclic) bond motifs is 1. The van der Waals surface area contributed by atoms with E-state index in [2.05, 4.69) is 37.5 Å². The first-order valence-electron chi connectivity index (χ1n) is 9.19. The number of ether oxygens (including phenoxy) is 1. The summed E-state index contributed by atoms with van der Waals surface area (Å²) in [5.41, 5.74) is 1.96. The number of benzene rings is 1. The van der Waals surface area contributed by atoms with E-state index in [0.29, 0.717) is 6.61 Å². The van der Waals surface area contributed by atoms with Crippen molar-refractivity contribution in [3.8, 4) is 0 Å². The first kappa shape index (κ1) is 17.8. The largest absolute Gasteiger partial charge is 0.459 e. The Labute approximate surface area is 149 Å². The van der Waals surface area contributed by atoms with E-state index in [9.17, 15) is 4.79 Å². The lowest BCUT2D eigenvalue weighted by Crippen LogP contribution is -2.44. The number of carbonyl (C=O) groups excluding carboxylic acids is 1. The highest BCUT2D eigenvalue weighted by molar-refractivity contribution is 5.82. The third-order valence-corrected chi connectivity index (χ3v) is 4.90. The fourth-order valence-electron chi connectivity index (χ4n) is 3.44. The van der Waals surface area contributed by atoms with E-state index in [-0.39, 0.29) is 24.0 Å². The van der Waals surface area contributed by atoms with E-state index < -0.39 is 0 Å². The lowest BCUT2D eigenvalue weighted by Gasteiger charge is -2.23. The van der Waals surface area contributed by atoms with Crippen LogP contribution in [-0.4, -0.2) is 25.3 Å². The van der Waals surface area contributed by atoms with Gasteiger partial charge < -0.3 is 19.8 Å². The van der Waals surface area contributed by atoms with Gasteiger partial charge in [0.25, 0.3) is 0 Å². The number of rotatable bonds is 4. The fraction of sp³-hybridized carbons (Fsp3) is 0.550. The van der Waals surface area contributed by atoms with Gasteiger partial charge in [-0.15, -0.1) is 0 Å². The van der Waals surface area contributed by atoms with Gasteiger partial charge in [0.1, 0.15) is 11.3 Å². The number of carbonyl (C=O) groups is 1. The maximum absolute atomic E-state index is 12.5. The van der Waals surface area contributed by atoms with E-state index >= 15 is 0 Å². The molecule has 2 heterocycles. The first-order chi connectivity index (χ1) is 12.1. The van der Waals surface area contributed by atoms with E-state index in [1.165, 1.54) is 0 Å². The molecule has 0 bridgehead atoms. The van der Waals surface area contributed by atoms with Crippen LogP contribution >= 0.6 is 0 Å². The predicted octanol–water partition coefficient (Wildman–Crippen LogP) is 4.31. The highest BCUT2D eigenvalue weighted by Crippen LogP contribution is 2.32. The molecule has 2 unspecified atom stereocenters. The third-order valence-electron chi connectivity index (χ3n) is 4.90. The van der Waals surface area contributed by atoms with Gasteiger partial charge in [0, 0.05) is 30.2 Å². The van der Waals surface area contributed by atoms with Gasteiger partial charge >= 0.3 is 6.03 Å². The predicted molar refractivity (Wildman–Crippen MR) is 98.7 cm³/mol. The van der Waals surface area contributed by atoms with Gasteiger partial charge in [-0.2, -0.15) is 0 Å². The van der Waals surface area contributed by atoms with E-state index in [4.69, 9.17) is 9.15 Å². The number of urea groups is 1. The van der Waals surface area contributed by atoms with E-state index in [0.717, 1.165) is 48.2 Å². The average Bonchev–Trinajstić information content (AvgIpc) is 2.75. The van der Waals surface area contributed by atoms with Crippen LogP contribution in [0.5, 0.6) is 0 Å². The van der Waals surface area contributed by atoms with Gasteiger partial charge in [-0.05, 0) is 38.2 Å².